The summed E-state index contributed by atoms with van der Waals surface area (Å²) in [6.45, 7) is 10.1. The number of carbonyl (C=O) groups excluding carboxylic acids is 1. The first-order valence-electron chi connectivity index (χ1n) is 15.5. The molecular weight excluding hydrogens is 671 g/mol. The summed E-state index contributed by atoms with van der Waals surface area (Å²) in [5, 5.41) is 9.37. The van der Waals surface area contributed by atoms with Gasteiger partial charge < -0.3 is 9.79 Å². The first-order chi connectivity index (χ1) is 23.7. The number of hydrogen-bond acceptors (Lipinski definition) is 8. The van der Waals surface area contributed by atoms with E-state index in [1.807, 2.05) is 49.4 Å². The van der Waals surface area contributed by atoms with Gasteiger partial charge in [0.05, 0.1) is 4.53 Å². The highest BCUT2D eigenvalue weighted by molar-refractivity contribution is 8.30. The predicted molar refractivity (Wildman–Crippen MR) is 207 cm³/mol. The molecule has 6 rings (SSSR count). The molecule has 0 bridgehead atoms. The van der Waals surface area contributed by atoms with Gasteiger partial charge in [-0.25, -0.2) is 9.82 Å². The maximum absolute atomic E-state index is 13.5. The lowest BCUT2D eigenvalue weighted by molar-refractivity contribution is -0.176. The van der Waals surface area contributed by atoms with Crippen molar-refractivity contribution >= 4 is 91.1 Å². The van der Waals surface area contributed by atoms with Crippen molar-refractivity contribution in [3.8, 4) is 0 Å². The number of nitrogens with zero attached hydrogens (tertiary/aromatic N) is 3. The molecule has 5 aromatic rings. The smallest absolute Gasteiger partial charge is 0.276 e. The Morgan fingerprint density at radius 3 is 2.02 bits per heavy atom. The van der Waals surface area contributed by atoms with Gasteiger partial charge in [0.2, 0.25) is 5.88 Å². The van der Waals surface area contributed by atoms with Gasteiger partial charge in [0.25, 0.3) is 11.5 Å². The van der Waals surface area contributed by atoms with E-state index < -0.39 is 5.56 Å². The summed E-state index contributed by atoms with van der Waals surface area (Å²) in [4.78, 5) is 34.9. The first-order valence-corrected chi connectivity index (χ1v) is 17.6. The van der Waals surface area contributed by atoms with Crippen LogP contribution < -0.4 is 19.7 Å². The molecule has 7 nitrogen and oxygen atoms in total. The zero-order valence-electron chi connectivity index (χ0n) is 27.1. The molecule has 1 aromatic heterocycles. The van der Waals surface area contributed by atoms with Crippen molar-refractivity contribution in [2.75, 3.05) is 11.4 Å². The second-order valence-electron chi connectivity index (χ2n) is 11.3. The average Bonchev–Trinajstić information content (AvgIpc) is 3.60. The second-order valence-corrected chi connectivity index (χ2v) is 14.0. The minimum absolute atomic E-state index is 0.285. The zero-order chi connectivity index (χ0) is 34.7. The van der Waals surface area contributed by atoms with Crippen LogP contribution in [0.2, 0.25) is 0 Å². The third-order valence-electron chi connectivity index (χ3n) is 8.04. The Balaban J connectivity index is 1.37. The van der Waals surface area contributed by atoms with Gasteiger partial charge in [0.15, 0.2) is 0 Å². The third kappa shape index (κ3) is 7.09. The Labute approximate surface area is 298 Å². The molecule has 4 aromatic carbocycles. The Kier molecular flexibility index (Phi) is 10.1. The van der Waals surface area contributed by atoms with Crippen LogP contribution in [0.25, 0.3) is 28.5 Å². The maximum atomic E-state index is 13.5. The van der Waals surface area contributed by atoms with Crippen LogP contribution >= 0.6 is 35.3 Å². The quantitative estimate of drug-likeness (QED) is 0.0549. The van der Waals surface area contributed by atoms with Crippen molar-refractivity contribution in [3.63, 3.8) is 0 Å². The summed E-state index contributed by atoms with van der Waals surface area (Å²) < 4.78 is 2.14. The number of thiazole rings is 1. The Bertz CT molecular complexity index is 2260. The van der Waals surface area contributed by atoms with Crippen molar-refractivity contribution in [2.45, 2.75) is 20.8 Å². The molecule has 1 aliphatic rings. The van der Waals surface area contributed by atoms with Crippen LogP contribution in [0.1, 0.15) is 36.1 Å². The third-order valence-corrected chi connectivity index (χ3v) is 10.7. The van der Waals surface area contributed by atoms with Crippen molar-refractivity contribution in [3.05, 3.63) is 152 Å². The largest absolute Gasteiger partial charge is 0.322 e. The molecule has 1 amide bonds. The lowest BCUT2D eigenvalue weighted by Gasteiger charge is -2.26. The van der Waals surface area contributed by atoms with Crippen LogP contribution in [-0.2, 0) is 9.68 Å². The van der Waals surface area contributed by atoms with Crippen LogP contribution in [0.5, 0.6) is 0 Å². The molecule has 1 fully saturated rings. The Hall–Kier alpha value is -5.00. The van der Waals surface area contributed by atoms with Crippen LogP contribution in [-0.4, -0.2) is 31.5 Å². The van der Waals surface area contributed by atoms with Crippen molar-refractivity contribution in [1.29, 1.82) is 0 Å². The van der Waals surface area contributed by atoms with Gasteiger partial charge in [-0.1, -0.05) is 102 Å². The van der Waals surface area contributed by atoms with Crippen molar-refractivity contribution in [1.82, 2.24) is 9.47 Å². The lowest BCUT2D eigenvalue weighted by Crippen LogP contribution is -2.33. The van der Waals surface area contributed by atoms with Crippen molar-refractivity contribution in [2.24, 2.45) is 0 Å². The fourth-order valence-corrected chi connectivity index (χ4v) is 8.09. The Morgan fingerprint density at radius 1 is 0.898 bits per heavy atom. The van der Waals surface area contributed by atoms with Gasteiger partial charge >= 0.3 is 0 Å². The van der Waals surface area contributed by atoms with E-state index in [2.05, 4.69) is 97.0 Å². The van der Waals surface area contributed by atoms with Gasteiger partial charge in [-0.2, -0.15) is 0 Å². The molecule has 0 unspecified atom stereocenters. The molecular formula is C39H33N3O4S3. The van der Waals surface area contributed by atoms with Gasteiger partial charge in [-0.15, -0.1) is 11.3 Å². The van der Waals surface area contributed by atoms with Gasteiger partial charge in [-0.3, -0.25) is 14.5 Å². The van der Waals surface area contributed by atoms with E-state index in [0.29, 0.717) is 20.1 Å². The van der Waals surface area contributed by atoms with Crippen LogP contribution in [0, 0.1) is 6.92 Å². The van der Waals surface area contributed by atoms with E-state index in [-0.39, 0.29) is 16.7 Å². The summed E-state index contributed by atoms with van der Waals surface area (Å²) in [5.74, 6) is -0.612. The number of aromatic nitrogens is 1. The maximum Gasteiger partial charge on any atom is 0.276 e. The average molecular weight is 704 g/mol. The molecule has 0 aliphatic carbocycles. The first kappa shape index (κ1) is 33.9. The molecule has 1 saturated heterocycles. The number of thiocarbonyl (C=S) groups is 1. The standard InChI is InChI=1S/C39H33N3O4S3/c1-5-40-37(44)35(49-39(40)47)38-41(27(4)46-45)36(43)34(48-38)24-29-15-21-33(22-16-29)42(31-17-11-25(2)12-18-31)32-19-13-28(14-20-32)23-26(3)30-9-7-6-8-10-30/h6-24,45H,4-5H2,1-3H3. The van der Waals surface area contributed by atoms with Gasteiger partial charge in [0.1, 0.15) is 13.9 Å². The molecule has 49 heavy (non-hydrogen) atoms. The Morgan fingerprint density at radius 2 is 1.47 bits per heavy atom. The van der Waals surface area contributed by atoms with Gasteiger partial charge in [0, 0.05) is 23.6 Å². The fraction of sp³-hybridized carbons (Fsp3) is 0.103. The predicted octanol–water partition coefficient (Wildman–Crippen LogP) is 7.98. The van der Waals surface area contributed by atoms with E-state index in [1.54, 1.807) is 6.08 Å². The molecule has 1 N–H and O–H groups in total. The number of rotatable bonds is 9. The molecule has 0 spiro atoms. The number of thioether (sulfide) groups is 1. The van der Waals surface area contributed by atoms with E-state index in [9.17, 15) is 14.8 Å². The molecule has 10 heteroatoms. The summed E-state index contributed by atoms with van der Waals surface area (Å²) in [7, 11) is 0. The van der Waals surface area contributed by atoms with Crippen LogP contribution in [0.3, 0.4) is 0 Å². The van der Waals surface area contributed by atoms with E-state index in [0.717, 1.165) is 55.9 Å². The number of carbonyl (C=O) groups is 1. The van der Waals surface area contributed by atoms with E-state index in [1.165, 1.54) is 21.6 Å². The summed E-state index contributed by atoms with van der Waals surface area (Å²) in [6, 6.07) is 35.0. The molecule has 0 atom stereocenters. The zero-order valence-corrected chi connectivity index (χ0v) is 29.6. The minimum atomic E-state index is -0.470. The number of hydrogen-bond donors (Lipinski definition) is 1. The monoisotopic (exact) mass is 703 g/mol. The molecule has 2 heterocycles. The summed E-state index contributed by atoms with van der Waals surface area (Å²) >= 11 is 7.59. The fourth-order valence-electron chi connectivity index (χ4n) is 5.47. The molecule has 0 saturated carbocycles. The second kappa shape index (κ2) is 14.6. The van der Waals surface area contributed by atoms with Crippen LogP contribution in [0.15, 0.2) is 115 Å². The van der Waals surface area contributed by atoms with Gasteiger partial charge in [-0.05, 0) is 92.1 Å². The number of amides is 1. The molecule has 246 valence electrons. The topological polar surface area (TPSA) is 75.0 Å². The number of allylic oxidation sites excluding steroid dienone is 1. The number of anilines is 3. The number of aryl methyl sites for hydroxylation is 1. The summed E-state index contributed by atoms with van der Waals surface area (Å²) in [6.07, 6.45) is 3.92. The SMILES string of the molecule is C=C(OO)n1c(=C2SC(=S)N(CC)C2=O)sc(=Cc2ccc(N(c3ccc(C)cc3)c3ccc(C=C(C)c4ccccc4)cc3)cc2)c1=O. The molecule has 0 radical (unpaired) electrons. The van der Waals surface area contributed by atoms with Crippen LogP contribution in [0.4, 0.5) is 17.1 Å². The highest BCUT2D eigenvalue weighted by Gasteiger charge is 2.33. The van der Waals surface area contributed by atoms with E-state index >= 15 is 0 Å². The highest BCUT2D eigenvalue weighted by atomic mass is 32.2. The molecule has 1 aliphatic heterocycles. The number of benzene rings is 4. The summed E-state index contributed by atoms with van der Waals surface area (Å²) in [5.41, 5.74) is 7.90. The highest BCUT2D eigenvalue weighted by Crippen LogP contribution is 2.35. The van der Waals surface area contributed by atoms with E-state index in [4.69, 9.17) is 12.2 Å². The lowest BCUT2D eigenvalue weighted by atomic mass is 10.0. The minimum Gasteiger partial charge on any atom is -0.322 e. The van der Waals surface area contributed by atoms with Crippen molar-refractivity contribution < 1.29 is 14.9 Å². The normalized spacial score (nSPS) is 14.8.